The first kappa shape index (κ1) is 19.7. The van der Waals surface area contributed by atoms with E-state index in [0.29, 0.717) is 32.0 Å². The van der Waals surface area contributed by atoms with Crippen LogP contribution in [0.1, 0.15) is 24.0 Å². The van der Waals surface area contributed by atoms with Crippen molar-refractivity contribution in [2.24, 2.45) is 5.92 Å². The maximum absolute atomic E-state index is 11.7. The van der Waals surface area contributed by atoms with E-state index >= 15 is 0 Å². The van der Waals surface area contributed by atoms with E-state index in [0.717, 1.165) is 36.5 Å². The van der Waals surface area contributed by atoms with Gasteiger partial charge in [0.1, 0.15) is 5.75 Å². The van der Waals surface area contributed by atoms with Gasteiger partial charge >= 0.3 is 0 Å². The van der Waals surface area contributed by atoms with Crippen molar-refractivity contribution in [1.82, 2.24) is 10.6 Å². The zero-order valence-electron chi connectivity index (χ0n) is 13.9. The van der Waals surface area contributed by atoms with Crippen LogP contribution < -0.4 is 15.4 Å². The molecule has 23 heavy (non-hydrogen) atoms. The number of hydrogen-bond acceptors (Lipinski definition) is 4. The minimum absolute atomic E-state index is 0. The molecule has 1 saturated heterocycles. The fourth-order valence-corrected chi connectivity index (χ4v) is 2.39. The van der Waals surface area contributed by atoms with Gasteiger partial charge in [0, 0.05) is 37.6 Å². The number of amides is 1. The highest BCUT2D eigenvalue weighted by Gasteiger charge is 2.17. The largest absolute Gasteiger partial charge is 0.493 e. The first-order valence-electron chi connectivity index (χ1n) is 7.90. The van der Waals surface area contributed by atoms with E-state index < -0.39 is 0 Å². The zero-order chi connectivity index (χ0) is 15.8. The van der Waals surface area contributed by atoms with E-state index in [1.54, 1.807) is 0 Å². The predicted molar refractivity (Wildman–Crippen MR) is 93.2 cm³/mol. The molecule has 0 aromatic heterocycles. The van der Waals surface area contributed by atoms with Crippen LogP contribution >= 0.6 is 12.4 Å². The standard InChI is InChI=1S/C17H26N2O3.ClH/c1-13-3-4-15(10-19-17(20)5-7-18-2)16(9-13)22-12-14-6-8-21-11-14;/h3-4,9,14,18H,5-8,10-12H2,1-2H3,(H,19,20);1H. The molecule has 0 spiro atoms. The van der Waals surface area contributed by atoms with Gasteiger partial charge in [0.05, 0.1) is 13.2 Å². The van der Waals surface area contributed by atoms with Gasteiger partial charge in [-0.1, -0.05) is 12.1 Å². The molecule has 1 amide bonds. The molecule has 1 fully saturated rings. The van der Waals surface area contributed by atoms with Gasteiger partial charge in [-0.25, -0.2) is 0 Å². The molecule has 2 rings (SSSR count). The Balaban J connectivity index is 0.00000264. The number of nitrogens with one attached hydrogen (secondary N) is 2. The van der Waals surface area contributed by atoms with E-state index in [2.05, 4.69) is 10.6 Å². The lowest BCUT2D eigenvalue weighted by molar-refractivity contribution is -0.121. The van der Waals surface area contributed by atoms with Crippen molar-refractivity contribution in [1.29, 1.82) is 0 Å². The molecule has 1 aromatic rings. The van der Waals surface area contributed by atoms with Gasteiger partial charge in [0.15, 0.2) is 0 Å². The second-order valence-electron chi connectivity index (χ2n) is 5.78. The molecule has 130 valence electrons. The average Bonchev–Trinajstić information content (AvgIpc) is 3.03. The van der Waals surface area contributed by atoms with Crippen LogP contribution in [-0.4, -0.2) is 39.3 Å². The molecule has 1 heterocycles. The number of hydrogen-bond donors (Lipinski definition) is 2. The molecule has 2 N–H and O–H groups in total. The smallest absolute Gasteiger partial charge is 0.221 e. The minimum Gasteiger partial charge on any atom is -0.493 e. The summed E-state index contributed by atoms with van der Waals surface area (Å²) in [5, 5.41) is 5.91. The molecule has 1 aliphatic heterocycles. The molecule has 1 aliphatic rings. The molecule has 1 atom stereocenters. The quantitative estimate of drug-likeness (QED) is 0.759. The van der Waals surface area contributed by atoms with Crippen LogP contribution in [0.5, 0.6) is 5.75 Å². The van der Waals surface area contributed by atoms with Crippen molar-refractivity contribution in [2.45, 2.75) is 26.3 Å². The lowest BCUT2D eigenvalue weighted by atomic mass is 10.1. The van der Waals surface area contributed by atoms with Gasteiger partial charge in [-0.3, -0.25) is 4.79 Å². The van der Waals surface area contributed by atoms with Crippen LogP contribution in [0.3, 0.4) is 0 Å². The summed E-state index contributed by atoms with van der Waals surface area (Å²) in [6.07, 6.45) is 1.54. The minimum atomic E-state index is 0. The summed E-state index contributed by atoms with van der Waals surface area (Å²) in [6.45, 7) is 5.51. The lowest BCUT2D eigenvalue weighted by Crippen LogP contribution is -2.26. The number of rotatable bonds is 8. The number of ether oxygens (including phenoxy) is 2. The number of benzene rings is 1. The third kappa shape index (κ3) is 6.77. The molecule has 0 radical (unpaired) electrons. The van der Waals surface area contributed by atoms with E-state index in [-0.39, 0.29) is 18.3 Å². The van der Waals surface area contributed by atoms with Gasteiger partial charge < -0.3 is 20.1 Å². The second kappa shape index (κ2) is 10.5. The summed E-state index contributed by atoms with van der Waals surface area (Å²) in [5.41, 5.74) is 2.17. The highest BCUT2D eigenvalue weighted by atomic mass is 35.5. The number of halogens is 1. The summed E-state index contributed by atoms with van der Waals surface area (Å²) < 4.78 is 11.3. The molecule has 0 bridgehead atoms. The zero-order valence-corrected chi connectivity index (χ0v) is 14.7. The Bertz CT molecular complexity index is 491. The fourth-order valence-electron chi connectivity index (χ4n) is 2.39. The number of aryl methyl sites for hydroxylation is 1. The van der Waals surface area contributed by atoms with Crippen molar-refractivity contribution >= 4 is 18.3 Å². The first-order chi connectivity index (χ1) is 10.7. The highest BCUT2D eigenvalue weighted by molar-refractivity contribution is 5.85. The van der Waals surface area contributed by atoms with Gasteiger partial charge in [0.2, 0.25) is 5.91 Å². The van der Waals surface area contributed by atoms with Gasteiger partial charge in [0.25, 0.3) is 0 Å². The van der Waals surface area contributed by atoms with Gasteiger partial charge in [-0.2, -0.15) is 0 Å². The Morgan fingerprint density at radius 3 is 2.96 bits per heavy atom. The van der Waals surface area contributed by atoms with E-state index in [1.165, 1.54) is 0 Å². The summed E-state index contributed by atoms with van der Waals surface area (Å²) in [5.74, 6) is 1.38. The Morgan fingerprint density at radius 1 is 1.43 bits per heavy atom. The maximum Gasteiger partial charge on any atom is 0.221 e. The summed E-state index contributed by atoms with van der Waals surface area (Å²) in [4.78, 5) is 11.7. The van der Waals surface area contributed by atoms with Crippen LogP contribution in [0, 0.1) is 12.8 Å². The summed E-state index contributed by atoms with van der Waals surface area (Å²) in [7, 11) is 1.84. The second-order valence-corrected chi connectivity index (χ2v) is 5.78. The van der Waals surface area contributed by atoms with E-state index in [1.807, 2.05) is 32.2 Å². The van der Waals surface area contributed by atoms with Crippen LogP contribution in [0.2, 0.25) is 0 Å². The average molecular weight is 343 g/mol. The van der Waals surface area contributed by atoms with Crippen LogP contribution in [-0.2, 0) is 16.1 Å². The fraction of sp³-hybridized carbons (Fsp3) is 0.588. The van der Waals surface area contributed by atoms with Crippen molar-refractivity contribution in [3.8, 4) is 5.75 Å². The van der Waals surface area contributed by atoms with Crippen molar-refractivity contribution in [3.05, 3.63) is 29.3 Å². The Kier molecular flexibility index (Phi) is 8.99. The van der Waals surface area contributed by atoms with Gasteiger partial charge in [-0.15, -0.1) is 12.4 Å². The Morgan fingerprint density at radius 2 is 2.26 bits per heavy atom. The topological polar surface area (TPSA) is 59.6 Å². The molecular formula is C17H27ClN2O3. The third-order valence-electron chi connectivity index (χ3n) is 3.80. The number of carbonyl (C=O) groups is 1. The molecular weight excluding hydrogens is 316 g/mol. The van der Waals surface area contributed by atoms with Crippen LogP contribution in [0.15, 0.2) is 18.2 Å². The Labute approximate surface area is 144 Å². The van der Waals surface area contributed by atoms with Crippen molar-refractivity contribution in [3.63, 3.8) is 0 Å². The van der Waals surface area contributed by atoms with E-state index in [9.17, 15) is 4.79 Å². The summed E-state index contributed by atoms with van der Waals surface area (Å²) in [6, 6.07) is 6.10. The lowest BCUT2D eigenvalue weighted by Gasteiger charge is -2.15. The molecule has 1 unspecified atom stereocenters. The Hall–Kier alpha value is -1.30. The monoisotopic (exact) mass is 342 g/mol. The predicted octanol–water partition coefficient (Wildman–Crippen LogP) is 2.06. The molecule has 1 aromatic carbocycles. The van der Waals surface area contributed by atoms with Crippen LogP contribution in [0.25, 0.3) is 0 Å². The third-order valence-corrected chi connectivity index (χ3v) is 3.80. The maximum atomic E-state index is 11.7. The molecule has 0 aliphatic carbocycles. The first-order valence-corrected chi connectivity index (χ1v) is 7.90. The van der Waals surface area contributed by atoms with Crippen LogP contribution in [0.4, 0.5) is 0 Å². The molecule has 6 heteroatoms. The van der Waals surface area contributed by atoms with Gasteiger partial charge in [-0.05, 0) is 32.0 Å². The summed E-state index contributed by atoms with van der Waals surface area (Å²) >= 11 is 0. The van der Waals surface area contributed by atoms with Crippen molar-refractivity contribution < 1.29 is 14.3 Å². The molecule has 0 saturated carbocycles. The normalized spacial score (nSPS) is 16.7. The highest BCUT2D eigenvalue weighted by Crippen LogP contribution is 2.22. The number of carbonyl (C=O) groups excluding carboxylic acids is 1. The SMILES string of the molecule is CNCCC(=O)NCc1ccc(C)cc1OCC1CCOC1.Cl. The van der Waals surface area contributed by atoms with E-state index in [4.69, 9.17) is 9.47 Å². The molecule has 5 nitrogen and oxygen atoms in total. The van der Waals surface area contributed by atoms with Crippen molar-refractivity contribution in [2.75, 3.05) is 33.4 Å².